The van der Waals surface area contributed by atoms with E-state index in [2.05, 4.69) is 20.9 Å². The number of rotatable bonds is 0. The van der Waals surface area contributed by atoms with Crippen molar-refractivity contribution in [2.45, 2.75) is 6.92 Å². The Hall–Kier alpha value is -0.830. The van der Waals surface area contributed by atoms with Gasteiger partial charge in [0.25, 0.3) is 0 Å². The Labute approximate surface area is 77.7 Å². The highest BCUT2D eigenvalue weighted by Crippen LogP contribution is 2.24. The molecule has 2 rings (SSSR count). The van der Waals surface area contributed by atoms with Crippen molar-refractivity contribution < 1.29 is 4.39 Å². The number of fused-ring (bicyclic) bond motifs is 1. The van der Waals surface area contributed by atoms with Crippen LogP contribution < -0.4 is 0 Å². The van der Waals surface area contributed by atoms with Crippen LogP contribution in [0.1, 0.15) is 5.56 Å². The summed E-state index contributed by atoms with van der Waals surface area (Å²) >= 11 is 3.27. The molecule has 2 aromatic rings. The molecular weight excluding hydrogens is 221 g/mol. The predicted octanol–water partition coefficient (Wildman–Crippen LogP) is 3.38. The van der Waals surface area contributed by atoms with Gasteiger partial charge in [0.05, 0.1) is 10.1 Å². The lowest BCUT2D eigenvalue weighted by Gasteiger charge is -1.95. The molecule has 3 heteroatoms. The average molecular weight is 228 g/mol. The van der Waals surface area contributed by atoms with Crippen LogP contribution in [0.2, 0.25) is 0 Å². The van der Waals surface area contributed by atoms with E-state index in [1.807, 2.05) is 13.0 Å². The number of benzene rings is 1. The zero-order chi connectivity index (χ0) is 8.72. The van der Waals surface area contributed by atoms with Crippen molar-refractivity contribution in [3.05, 3.63) is 34.2 Å². The largest absolute Gasteiger partial charge is 0.347 e. The third-order valence-corrected chi connectivity index (χ3v) is 2.36. The van der Waals surface area contributed by atoms with Gasteiger partial charge < -0.3 is 4.98 Å². The molecule has 0 saturated carbocycles. The fourth-order valence-corrected chi connectivity index (χ4v) is 1.72. The van der Waals surface area contributed by atoms with Gasteiger partial charge in [0.15, 0.2) is 0 Å². The Balaban J connectivity index is 2.93. The van der Waals surface area contributed by atoms with E-state index in [1.54, 1.807) is 6.07 Å². The van der Waals surface area contributed by atoms with Gasteiger partial charge in [-0.25, -0.2) is 4.39 Å². The predicted molar refractivity (Wildman–Crippen MR) is 50.7 cm³/mol. The minimum Gasteiger partial charge on any atom is -0.347 e. The maximum atomic E-state index is 13.1. The molecule has 0 radical (unpaired) electrons. The number of aromatic nitrogens is 1. The van der Waals surface area contributed by atoms with E-state index in [9.17, 15) is 4.39 Å². The Bertz CT molecular complexity index is 394. The van der Waals surface area contributed by atoms with E-state index >= 15 is 0 Å². The van der Waals surface area contributed by atoms with Crippen LogP contribution in [0.25, 0.3) is 10.9 Å². The summed E-state index contributed by atoms with van der Waals surface area (Å²) < 4.78 is 13.9. The first-order chi connectivity index (χ1) is 5.68. The Morgan fingerprint density at radius 3 is 2.83 bits per heavy atom. The fraction of sp³-hybridized carbons (Fsp3) is 0.111. The molecule has 0 aliphatic heterocycles. The van der Waals surface area contributed by atoms with Gasteiger partial charge in [-0.05, 0) is 40.5 Å². The Morgan fingerprint density at radius 2 is 2.17 bits per heavy atom. The van der Waals surface area contributed by atoms with Crippen molar-refractivity contribution >= 4 is 26.8 Å². The molecule has 0 atom stereocenters. The Kier molecular flexibility index (Phi) is 1.68. The monoisotopic (exact) mass is 227 g/mol. The van der Waals surface area contributed by atoms with Gasteiger partial charge in [-0.15, -0.1) is 0 Å². The molecule has 0 amide bonds. The van der Waals surface area contributed by atoms with Crippen LogP contribution in [-0.4, -0.2) is 4.98 Å². The third kappa shape index (κ3) is 1.05. The van der Waals surface area contributed by atoms with Gasteiger partial charge in [-0.2, -0.15) is 0 Å². The molecule has 0 aliphatic carbocycles. The fourth-order valence-electron chi connectivity index (χ4n) is 1.29. The molecular formula is C9H7BrFN. The smallest absolute Gasteiger partial charge is 0.147 e. The highest BCUT2D eigenvalue weighted by molar-refractivity contribution is 9.10. The van der Waals surface area contributed by atoms with Gasteiger partial charge in [-0.3, -0.25) is 0 Å². The molecule has 12 heavy (non-hydrogen) atoms. The molecule has 0 unspecified atom stereocenters. The van der Waals surface area contributed by atoms with E-state index in [0.717, 1.165) is 15.6 Å². The normalized spacial score (nSPS) is 10.9. The van der Waals surface area contributed by atoms with E-state index in [1.165, 1.54) is 6.07 Å². The lowest BCUT2D eigenvalue weighted by Crippen LogP contribution is -1.79. The van der Waals surface area contributed by atoms with Gasteiger partial charge in [-0.1, -0.05) is 6.07 Å². The van der Waals surface area contributed by atoms with Crippen LogP contribution in [0.3, 0.4) is 0 Å². The van der Waals surface area contributed by atoms with E-state index < -0.39 is 0 Å². The van der Waals surface area contributed by atoms with E-state index in [0.29, 0.717) is 5.52 Å². The summed E-state index contributed by atoms with van der Waals surface area (Å²) in [6.45, 7) is 1.96. The topological polar surface area (TPSA) is 15.8 Å². The van der Waals surface area contributed by atoms with Crippen molar-refractivity contribution in [2.75, 3.05) is 0 Å². The zero-order valence-electron chi connectivity index (χ0n) is 6.49. The first-order valence-corrected chi connectivity index (χ1v) is 4.41. The molecule has 62 valence electrons. The molecule has 1 aromatic heterocycles. The summed E-state index contributed by atoms with van der Waals surface area (Å²) in [5.74, 6) is -0.207. The first kappa shape index (κ1) is 7.80. The van der Waals surface area contributed by atoms with Gasteiger partial charge in [0, 0.05) is 5.39 Å². The molecule has 0 saturated heterocycles. The van der Waals surface area contributed by atoms with Crippen molar-refractivity contribution in [3.63, 3.8) is 0 Å². The minimum absolute atomic E-state index is 0.207. The highest BCUT2D eigenvalue weighted by atomic mass is 79.9. The van der Waals surface area contributed by atoms with Crippen LogP contribution in [0, 0.1) is 12.7 Å². The van der Waals surface area contributed by atoms with Crippen molar-refractivity contribution in [2.24, 2.45) is 0 Å². The van der Waals surface area contributed by atoms with Crippen molar-refractivity contribution in [1.82, 2.24) is 4.98 Å². The quantitative estimate of drug-likeness (QED) is 0.711. The minimum atomic E-state index is -0.207. The molecule has 1 aromatic carbocycles. The molecule has 1 heterocycles. The number of aryl methyl sites for hydroxylation is 1. The van der Waals surface area contributed by atoms with Gasteiger partial charge in [0.2, 0.25) is 0 Å². The van der Waals surface area contributed by atoms with Crippen LogP contribution in [0.5, 0.6) is 0 Å². The Morgan fingerprint density at radius 1 is 1.42 bits per heavy atom. The molecule has 0 spiro atoms. The maximum Gasteiger partial charge on any atom is 0.147 e. The zero-order valence-corrected chi connectivity index (χ0v) is 8.07. The second kappa shape index (κ2) is 2.59. The molecule has 0 fully saturated rings. The summed E-state index contributed by atoms with van der Waals surface area (Å²) in [5.41, 5.74) is 1.65. The van der Waals surface area contributed by atoms with Crippen LogP contribution in [0.4, 0.5) is 4.39 Å². The second-order valence-corrected chi connectivity index (χ2v) is 3.62. The number of nitrogens with one attached hydrogen (secondary N) is 1. The number of halogens is 2. The molecule has 0 bridgehead atoms. The lowest BCUT2D eigenvalue weighted by atomic mass is 10.1. The number of hydrogen-bond donors (Lipinski definition) is 1. The molecule has 0 aliphatic rings. The van der Waals surface area contributed by atoms with Crippen molar-refractivity contribution in [3.8, 4) is 0 Å². The summed E-state index contributed by atoms with van der Waals surface area (Å²) in [6.07, 6.45) is 0. The number of aromatic amines is 1. The summed E-state index contributed by atoms with van der Waals surface area (Å²) in [4.78, 5) is 2.91. The van der Waals surface area contributed by atoms with Crippen LogP contribution in [-0.2, 0) is 0 Å². The summed E-state index contributed by atoms with van der Waals surface area (Å²) in [5, 5.41) is 0.932. The summed E-state index contributed by atoms with van der Waals surface area (Å²) in [6, 6.07) is 5.13. The highest BCUT2D eigenvalue weighted by Gasteiger charge is 2.05. The third-order valence-electron chi connectivity index (χ3n) is 1.93. The number of hydrogen-bond acceptors (Lipinski definition) is 0. The summed E-state index contributed by atoms with van der Waals surface area (Å²) in [7, 11) is 0. The lowest BCUT2D eigenvalue weighted by molar-refractivity contribution is 0.637. The van der Waals surface area contributed by atoms with E-state index in [4.69, 9.17) is 0 Å². The molecule has 1 nitrogen and oxygen atoms in total. The van der Waals surface area contributed by atoms with E-state index in [-0.39, 0.29) is 5.82 Å². The van der Waals surface area contributed by atoms with Crippen LogP contribution >= 0.6 is 15.9 Å². The van der Waals surface area contributed by atoms with Crippen molar-refractivity contribution in [1.29, 1.82) is 0 Å². The first-order valence-electron chi connectivity index (χ1n) is 3.62. The van der Waals surface area contributed by atoms with Gasteiger partial charge in [0.1, 0.15) is 5.82 Å². The second-order valence-electron chi connectivity index (χ2n) is 2.77. The van der Waals surface area contributed by atoms with Gasteiger partial charge >= 0.3 is 0 Å². The number of H-pyrrole nitrogens is 1. The standard InChI is InChI=1S/C9H7BrFN/c1-5-2-3-7(11)9-6(5)4-8(10)12-9/h2-4,12H,1H3. The average Bonchev–Trinajstić information content (AvgIpc) is 2.41. The van der Waals surface area contributed by atoms with Crippen LogP contribution in [0.15, 0.2) is 22.8 Å². The SMILES string of the molecule is Cc1ccc(F)c2[nH]c(Br)cc12. The molecule has 1 N–H and O–H groups in total. The maximum absolute atomic E-state index is 13.1.